The zero-order chi connectivity index (χ0) is 21.2. The minimum Gasteiger partial charge on any atom is -0.497 e. The van der Waals surface area contributed by atoms with Gasteiger partial charge in [0.15, 0.2) is 0 Å². The molecule has 1 aliphatic rings. The molecular weight excluding hydrogens is 404 g/mol. The molecule has 1 heterocycles. The minimum atomic E-state index is 0.0337. The third kappa shape index (κ3) is 3.96. The van der Waals surface area contributed by atoms with E-state index in [0.29, 0.717) is 11.7 Å². The summed E-state index contributed by atoms with van der Waals surface area (Å²) in [6.07, 6.45) is 5.02. The lowest BCUT2D eigenvalue weighted by Gasteiger charge is -2.13. The Hall–Kier alpha value is -3.11. The van der Waals surface area contributed by atoms with Crippen molar-refractivity contribution >= 4 is 27.2 Å². The van der Waals surface area contributed by atoms with Crippen LogP contribution in [0.1, 0.15) is 40.9 Å². The van der Waals surface area contributed by atoms with Gasteiger partial charge in [-0.2, -0.15) is 0 Å². The van der Waals surface area contributed by atoms with E-state index >= 15 is 0 Å². The Labute approximate surface area is 186 Å². The predicted octanol–water partition coefficient (Wildman–Crippen LogP) is 7.13. The lowest BCUT2D eigenvalue weighted by Crippen LogP contribution is -2.10. The molecule has 1 aromatic heterocycles. The van der Waals surface area contributed by atoms with Crippen molar-refractivity contribution in [2.24, 2.45) is 0 Å². The molecule has 0 spiro atoms. The van der Waals surface area contributed by atoms with Gasteiger partial charge in [-0.25, -0.2) is 0 Å². The molecule has 1 saturated carbocycles. The van der Waals surface area contributed by atoms with Crippen LogP contribution in [0.4, 0.5) is 0 Å². The van der Waals surface area contributed by atoms with E-state index in [1.165, 1.54) is 24.2 Å². The highest BCUT2D eigenvalue weighted by molar-refractivity contribution is 7.21. The van der Waals surface area contributed by atoms with Crippen molar-refractivity contribution in [3.8, 4) is 22.6 Å². The number of benzene rings is 3. The normalized spacial score (nSPS) is 14.1. The number of rotatable bonds is 6. The van der Waals surface area contributed by atoms with Crippen LogP contribution in [-0.2, 0) is 0 Å². The first-order chi connectivity index (χ1) is 15.2. The van der Waals surface area contributed by atoms with Crippen LogP contribution in [0.25, 0.3) is 21.2 Å². The number of methoxy groups -OCH3 is 1. The molecule has 0 saturated heterocycles. The zero-order valence-corrected chi connectivity index (χ0v) is 18.3. The van der Waals surface area contributed by atoms with Crippen molar-refractivity contribution in [1.82, 2.24) is 0 Å². The molecule has 4 aromatic rings. The van der Waals surface area contributed by atoms with E-state index in [-0.39, 0.29) is 5.78 Å². The monoisotopic (exact) mass is 428 g/mol. The van der Waals surface area contributed by atoms with Crippen LogP contribution in [-0.4, -0.2) is 19.0 Å². The van der Waals surface area contributed by atoms with E-state index in [2.05, 4.69) is 12.1 Å². The maximum Gasteiger partial charge on any atom is 0.203 e. The Bertz CT molecular complexity index is 1200. The summed E-state index contributed by atoms with van der Waals surface area (Å²) in [7, 11) is 1.66. The minimum absolute atomic E-state index is 0.0337. The average Bonchev–Trinajstić information content (AvgIpc) is 3.46. The zero-order valence-electron chi connectivity index (χ0n) is 17.5. The molecule has 0 bridgehead atoms. The van der Waals surface area contributed by atoms with Crippen molar-refractivity contribution in [1.29, 1.82) is 0 Å². The van der Waals surface area contributed by atoms with E-state index in [4.69, 9.17) is 9.47 Å². The maximum atomic E-state index is 13.6. The first-order valence-corrected chi connectivity index (χ1v) is 11.5. The van der Waals surface area contributed by atoms with Crippen molar-refractivity contribution < 1.29 is 14.3 Å². The van der Waals surface area contributed by atoms with E-state index in [1.807, 2.05) is 60.7 Å². The molecule has 0 radical (unpaired) electrons. The van der Waals surface area contributed by atoms with Gasteiger partial charge < -0.3 is 9.47 Å². The van der Waals surface area contributed by atoms with Gasteiger partial charge in [-0.05, 0) is 73.7 Å². The van der Waals surface area contributed by atoms with Gasteiger partial charge in [0.2, 0.25) is 5.78 Å². The molecule has 5 rings (SSSR count). The highest BCUT2D eigenvalue weighted by atomic mass is 32.1. The van der Waals surface area contributed by atoms with Crippen LogP contribution in [0.15, 0.2) is 72.8 Å². The fourth-order valence-electron chi connectivity index (χ4n) is 4.27. The average molecular weight is 429 g/mol. The molecule has 0 aliphatic heterocycles. The van der Waals surface area contributed by atoms with Crippen LogP contribution in [0.2, 0.25) is 0 Å². The van der Waals surface area contributed by atoms with Gasteiger partial charge in [0.05, 0.1) is 18.1 Å². The van der Waals surface area contributed by atoms with Crippen molar-refractivity contribution in [3.63, 3.8) is 0 Å². The summed E-state index contributed by atoms with van der Waals surface area (Å²) in [5.74, 6) is 1.67. The first kappa shape index (κ1) is 19.8. The Kier molecular flexibility index (Phi) is 5.47. The standard InChI is InChI=1S/C27H24O3S/c1-29-22-15-16-23-24(17-22)31-27(25(23)18-7-3-2-4-8-18)26(28)19-11-13-21(14-12-19)30-20-9-5-6-10-20/h2-4,7-8,11-17,20H,5-6,9-10H2,1H3. The Morgan fingerprint density at radius 3 is 2.32 bits per heavy atom. The third-order valence-electron chi connectivity index (χ3n) is 5.89. The topological polar surface area (TPSA) is 35.5 Å². The Morgan fingerprint density at radius 2 is 1.61 bits per heavy atom. The number of ether oxygens (including phenoxy) is 2. The summed E-state index contributed by atoms with van der Waals surface area (Å²) in [4.78, 5) is 14.3. The SMILES string of the molecule is COc1ccc2c(-c3ccccc3)c(C(=O)c3ccc(OC4CCCC4)cc3)sc2c1. The largest absolute Gasteiger partial charge is 0.497 e. The lowest BCUT2D eigenvalue weighted by molar-refractivity contribution is 0.104. The smallest absolute Gasteiger partial charge is 0.203 e. The predicted molar refractivity (Wildman–Crippen MR) is 127 cm³/mol. The Balaban J connectivity index is 1.53. The van der Waals surface area contributed by atoms with Gasteiger partial charge in [-0.1, -0.05) is 30.3 Å². The summed E-state index contributed by atoms with van der Waals surface area (Å²) in [6, 6.07) is 23.7. The maximum absolute atomic E-state index is 13.6. The second-order valence-electron chi connectivity index (χ2n) is 7.91. The molecule has 1 aliphatic carbocycles. The van der Waals surface area contributed by atoms with Crippen LogP contribution >= 0.6 is 11.3 Å². The van der Waals surface area contributed by atoms with Crippen molar-refractivity contribution in [2.45, 2.75) is 31.8 Å². The van der Waals surface area contributed by atoms with E-state index < -0.39 is 0 Å². The molecule has 0 unspecified atom stereocenters. The molecule has 3 aromatic carbocycles. The van der Waals surface area contributed by atoms with Crippen LogP contribution in [0.3, 0.4) is 0 Å². The number of hydrogen-bond acceptors (Lipinski definition) is 4. The van der Waals surface area contributed by atoms with E-state index in [9.17, 15) is 4.79 Å². The van der Waals surface area contributed by atoms with Crippen molar-refractivity contribution in [2.75, 3.05) is 7.11 Å². The highest BCUT2D eigenvalue weighted by Crippen LogP contribution is 2.41. The van der Waals surface area contributed by atoms with Gasteiger partial charge in [-0.3, -0.25) is 4.79 Å². The van der Waals surface area contributed by atoms with Crippen molar-refractivity contribution in [3.05, 3.63) is 83.2 Å². The Morgan fingerprint density at radius 1 is 0.903 bits per heavy atom. The first-order valence-electron chi connectivity index (χ1n) is 10.7. The number of hydrogen-bond donors (Lipinski definition) is 0. The van der Waals surface area contributed by atoms with Crippen LogP contribution in [0, 0.1) is 0 Å². The van der Waals surface area contributed by atoms with Gasteiger partial charge >= 0.3 is 0 Å². The molecule has 156 valence electrons. The van der Waals surface area contributed by atoms with Gasteiger partial charge in [0.1, 0.15) is 11.5 Å². The molecule has 4 heteroatoms. The van der Waals surface area contributed by atoms with Gasteiger partial charge in [0.25, 0.3) is 0 Å². The van der Waals surface area contributed by atoms with E-state index in [0.717, 1.165) is 50.4 Å². The number of ketones is 1. The fourth-order valence-corrected chi connectivity index (χ4v) is 5.49. The summed E-state index contributed by atoms with van der Waals surface area (Å²) in [5.41, 5.74) is 2.71. The molecule has 0 amide bonds. The second-order valence-corrected chi connectivity index (χ2v) is 8.96. The third-order valence-corrected chi connectivity index (χ3v) is 7.04. The summed E-state index contributed by atoms with van der Waals surface area (Å²) in [6.45, 7) is 0. The summed E-state index contributed by atoms with van der Waals surface area (Å²) in [5, 5.41) is 1.07. The van der Waals surface area contributed by atoms with Crippen LogP contribution in [0.5, 0.6) is 11.5 Å². The second kappa shape index (κ2) is 8.56. The molecule has 31 heavy (non-hydrogen) atoms. The number of carbonyl (C=O) groups excluding carboxylic acids is 1. The molecule has 3 nitrogen and oxygen atoms in total. The molecule has 1 fully saturated rings. The molecule has 0 N–H and O–H groups in total. The van der Waals surface area contributed by atoms with Gasteiger partial charge in [0, 0.05) is 21.2 Å². The highest BCUT2D eigenvalue weighted by Gasteiger charge is 2.22. The molecule has 0 atom stereocenters. The van der Waals surface area contributed by atoms with E-state index in [1.54, 1.807) is 7.11 Å². The number of carbonyl (C=O) groups is 1. The lowest BCUT2D eigenvalue weighted by atomic mass is 9.98. The summed E-state index contributed by atoms with van der Waals surface area (Å²) >= 11 is 1.52. The molecular formula is C27H24O3S. The van der Waals surface area contributed by atoms with Crippen LogP contribution < -0.4 is 9.47 Å². The quantitative estimate of drug-likeness (QED) is 0.306. The number of thiophene rings is 1. The van der Waals surface area contributed by atoms with Gasteiger partial charge in [-0.15, -0.1) is 11.3 Å². The fraction of sp³-hybridized carbons (Fsp3) is 0.222. The number of fused-ring (bicyclic) bond motifs is 1. The summed E-state index contributed by atoms with van der Waals surface area (Å²) < 4.78 is 12.5.